The molecule has 18 heteroatoms. The van der Waals surface area contributed by atoms with E-state index in [1.807, 2.05) is 0 Å². The summed E-state index contributed by atoms with van der Waals surface area (Å²) in [7, 11) is -3.47. The quantitative estimate of drug-likeness (QED) is 0.0833. The van der Waals surface area contributed by atoms with Crippen molar-refractivity contribution >= 4 is 7.32 Å². The Hall–Kier alpha value is -4.64. The maximum Gasteiger partial charge on any atom is 0.864 e. The molecule has 3 nitrogen and oxygen atoms in total. The van der Waals surface area contributed by atoms with Crippen LogP contribution in [0.4, 0.5) is 61.5 Å². The molecule has 0 fully saturated rings. The molecule has 0 aromatic heterocycles. The molecule has 5 rings (SSSR count). The molecular formula is C25H5BF14O3. The molecule has 0 unspecified atom stereocenters. The van der Waals surface area contributed by atoms with Gasteiger partial charge >= 0.3 is 7.32 Å². The van der Waals surface area contributed by atoms with Gasteiger partial charge in [0.05, 0.1) is 0 Å². The van der Waals surface area contributed by atoms with Gasteiger partial charge in [0.1, 0.15) is 11.6 Å². The van der Waals surface area contributed by atoms with Gasteiger partial charge in [0, 0.05) is 23.1 Å². The van der Waals surface area contributed by atoms with Crippen LogP contribution in [-0.4, -0.2) is 7.32 Å². The van der Waals surface area contributed by atoms with E-state index in [0.29, 0.717) is 0 Å². The van der Waals surface area contributed by atoms with Crippen LogP contribution in [0, 0.1) is 81.4 Å². The van der Waals surface area contributed by atoms with Crippen LogP contribution in [0.1, 0.15) is 11.1 Å². The number of hydrogen-bond acceptors (Lipinski definition) is 3. The van der Waals surface area contributed by atoms with Crippen LogP contribution in [0.2, 0.25) is 0 Å². The van der Waals surface area contributed by atoms with E-state index >= 15 is 0 Å². The van der Waals surface area contributed by atoms with Crippen LogP contribution < -0.4 is 14.0 Å². The number of fused-ring (bicyclic) bond motifs is 3. The highest BCUT2D eigenvalue weighted by Gasteiger charge is 2.43. The molecule has 0 atom stereocenters. The van der Waals surface area contributed by atoms with Gasteiger partial charge < -0.3 is 14.0 Å². The van der Waals surface area contributed by atoms with Gasteiger partial charge in [-0.2, -0.15) is 22.0 Å². The first-order valence-electron chi connectivity index (χ1n) is 11.2. The first-order chi connectivity index (χ1) is 20.2. The van der Waals surface area contributed by atoms with Gasteiger partial charge in [-0.1, -0.05) is 12.1 Å². The number of benzene rings is 4. The lowest BCUT2D eigenvalue weighted by molar-refractivity contribution is 0.254. The minimum absolute atomic E-state index is 0.123. The monoisotopic (exact) mass is 630 g/mol. The number of hydrogen-bond donors (Lipinski definition) is 0. The van der Waals surface area contributed by atoms with Gasteiger partial charge in [0.15, 0.2) is 23.1 Å². The molecule has 43 heavy (non-hydrogen) atoms. The molecule has 4 aromatic carbocycles. The van der Waals surface area contributed by atoms with E-state index in [9.17, 15) is 61.5 Å². The van der Waals surface area contributed by atoms with Crippen molar-refractivity contribution in [1.82, 2.24) is 0 Å². The second-order valence-electron chi connectivity index (χ2n) is 8.52. The summed E-state index contributed by atoms with van der Waals surface area (Å²) in [6.07, 6.45) is -0.691. The summed E-state index contributed by atoms with van der Waals surface area (Å²) in [5.41, 5.74) is -2.55. The fourth-order valence-electron chi connectivity index (χ4n) is 4.16. The molecule has 0 spiro atoms. The summed E-state index contributed by atoms with van der Waals surface area (Å²) in [6.45, 7) is 0. The van der Waals surface area contributed by atoms with Crippen LogP contribution >= 0.6 is 0 Å². The van der Waals surface area contributed by atoms with Crippen LogP contribution in [0.15, 0.2) is 18.2 Å². The highest BCUT2D eigenvalue weighted by atomic mass is 19.2. The van der Waals surface area contributed by atoms with E-state index in [2.05, 4.69) is 9.31 Å². The van der Waals surface area contributed by atoms with Crippen molar-refractivity contribution in [2.24, 2.45) is 0 Å². The van der Waals surface area contributed by atoms with Crippen molar-refractivity contribution in [1.29, 1.82) is 0 Å². The zero-order chi connectivity index (χ0) is 31.7. The largest absolute Gasteiger partial charge is 0.864 e. The molecule has 4 aromatic rings. The van der Waals surface area contributed by atoms with E-state index in [0.717, 1.165) is 18.2 Å². The molecule has 0 saturated heterocycles. The van der Waals surface area contributed by atoms with Crippen molar-refractivity contribution in [3.63, 3.8) is 0 Å². The summed E-state index contributed by atoms with van der Waals surface area (Å²) in [5, 5.41) is 0. The molecular weight excluding hydrogens is 625 g/mol. The van der Waals surface area contributed by atoms with Gasteiger partial charge in [0.25, 0.3) is 0 Å². The molecule has 224 valence electrons. The van der Waals surface area contributed by atoms with Crippen molar-refractivity contribution in [3.05, 3.63) is 111 Å². The average Bonchev–Trinajstić information content (AvgIpc) is 3.39. The fraction of sp³-hybridized carbons (Fsp3) is 0.0400. The fourth-order valence-corrected chi connectivity index (χ4v) is 4.16. The molecule has 0 saturated carbocycles. The van der Waals surface area contributed by atoms with Gasteiger partial charge in [-0.05, 0) is 11.6 Å². The van der Waals surface area contributed by atoms with Gasteiger partial charge in [-0.3, -0.25) is 0 Å². The highest BCUT2D eigenvalue weighted by Crippen LogP contribution is 2.47. The molecule has 0 amide bonds. The molecule has 0 aliphatic heterocycles. The first kappa shape index (κ1) is 29.8. The first-order valence-corrected chi connectivity index (χ1v) is 11.2. The lowest BCUT2D eigenvalue weighted by Gasteiger charge is -2.20. The van der Waals surface area contributed by atoms with Crippen molar-refractivity contribution in [2.45, 2.75) is 6.42 Å². The molecule has 0 N–H and O–H groups in total. The molecule has 0 heterocycles. The third-order valence-electron chi connectivity index (χ3n) is 6.08. The summed E-state index contributed by atoms with van der Waals surface area (Å²) in [6, 6.07) is 3.05. The van der Waals surface area contributed by atoms with Gasteiger partial charge in [-0.25, -0.2) is 39.5 Å². The molecule has 1 aliphatic carbocycles. The summed E-state index contributed by atoms with van der Waals surface area (Å²) < 4.78 is 211. The zero-order valence-corrected chi connectivity index (χ0v) is 20.0. The SMILES string of the molecule is Fc1cccc2c1-c1c(F)c(F)c(F)c(OB(Oc3c(F)c(F)c(F)c(F)c3F)Oc3c(F)c(F)c(F)c(F)c3F)c1C2. The Morgan fingerprint density at radius 2 is 0.791 bits per heavy atom. The second-order valence-corrected chi connectivity index (χ2v) is 8.52. The Morgan fingerprint density at radius 3 is 1.26 bits per heavy atom. The third-order valence-corrected chi connectivity index (χ3v) is 6.08. The van der Waals surface area contributed by atoms with Crippen molar-refractivity contribution in [2.75, 3.05) is 0 Å². The van der Waals surface area contributed by atoms with Gasteiger partial charge in [0.2, 0.25) is 64.0 Å². The normalized spacial score (nSPS) is 11.9. The third kappa shape index (κ3) is 4.55. The Bertz CT molecular complexity index is 1720. The van der Waals surface area contributed by atoms with Crippen LogP contribution in [0.3, 0.4) is 0 Å². The van der Waals surface area contributed by atoms with E-state index in [1.54, 1.807) is 0 Å². The van der Waals surface area contributed by atoms with Gasteiger partial charge in [-0.15, -0.1) is 0 Å². The van der Waals surface area contributed by atoms with Crippen molar-refractivity contribution in [3.8, 4) is 28.4 Å². The van der Waals surface area contributed by atoms with E-state index < -0.39 is 129 Å². The standard InChI is InChI=1S/C25H5BF14O3/c27-7-3-1-2-5-4-6-9(8(5)7)10(28)11(29)18(36)23(6)41-26(42-24-19(37)14(32)12(30)15(33)20(24)38)43-25-21(39)16(34)13(31)17(35)22(25)40/h1-3H,4H2. The maximum atomic E-state index is 15.0. The molecule has 1 aliphatic rings. The number of rotatable bonds is 6. The lowest BCUT2D eigenvalue weighted by atomic mass is 10.0. The Morgan fingerprint density at radius 1 is 0.419 bits per heavy atom. The highest BCUT2D eigenvalue weighted by molar-refractivity contribution is 6.39. The smallest absolute Gasteiger partial charge is 0.486 e. The van der Waals surface area contributed by atoms with E-state index in [4.69, 9.17) is 4.65 Å². The minimum atomic E-state index is -3.47. The van der Waals surface area contributed by atoms with Crippen LogP contribution in [0.25, 0.3) is 11.1 Å². The Labute approximate surface area is 229 Å². The number of halogens is 14. The Kier molecular flexibility index (Phi) is 7.34. The predicted molar refractivity (Wildman–Crippen MR) is 115 cm³/mol. The summed E-state index contributed by atoms with van der Waals surface area (Å²) >= 11 is 0. The second kappa shape index (κ2) is 10.6. The lowest BCUT2D eigenvalue weighted by Crippen LogP contribution is -2.39. The molecule has 0 radical (unpaired) electrons. The summed E-state index contributed by atoms with van der Waals surface area (Å²) in [5.74, 6) is -41.5. The average molecular weight is 630 g/mol. The molecule has 0 bridgehead atoms. The maximum absolute atomic E-state index is 15.0. The topological polar surface area (TPSA) is 27.7 Å². The van der Waals surface area contributed by atoms with Crippen LogP contribution in [0.5, 0.6) is 17.2 Å². The van der Waals surface area contributed by atoms with Crippen molar-refractivity contribution < 1.29 is 75.4 Å². The van der Waals surface area contributed by atoms with Crippen LogP contribution in [-0.2, 0) is 6.42 Å². The minimum Gasteiger partial charge on any atom is -0.486 e. The Balaban J connectivity index is 1.70. The predicted octanol–water partition coefficient (Wildman–Crippen LogP) is 7.73. The van der Waals surface area contributed by atoms with E-state index in [-0.39, 0.29) is 5.56 Å². The summed E-state index contributed by atoms with van der Waals surface area (Å²) in [4.78, 5) is 0. The van der Waals surface area contributed by atoms with E-state index in [1.165, 1.54) is 0 Å². The zero-order valence-electron chi connectivity index (χ0n) is 20.0.